The van der Waals surface area contributed by atoms with Crippen molar-refractivity contribution in [1.29, 1.82) is 0 Å². The largest absolute Gasteiger partial charge is 0.478 e. The number of hydrogen-bond donors (Lipinski definition) is 2. The van der Waals surface area contributed by atoms with Gasteiger partial charge >= 0.3 is 5.97 Å². The second-order valence-corrected chi connectivity index (χ2v) is 4.60. The van der Waals surface area contributed by atoms with Crippen LogP contribution in [0.15, 0.2) is 33.5 Å². The van der Waals surface area contributed by atoms with Crippen molar-refractivity contribution >= 4 is 32.8 Å². The molecular formula is C12H10BrNO4. The van der Waals surface area contributed by atoms with Crippen molar-refractivity contribution in [2.24, 2.45) is 0 Å². The van der Waals surface area contributed by atoms with Crippen molar-refractivity contribution in [2.75, 3.05) is 6.61 Å². The van der Waals surface area contributed by atoms with E-state index in [9.17, 15) is 9.59 Å². The Hall–Kier alpha value is -1.66. The average molecular weight is 312 g/mol. The molecule has 2 aromatic rings. The van der Waals surface area contributed by atoms with E-state index in [-0.39, 0.29) is 24.3 Å². The fourth-order valence-corrected chi connectivity index (χ4v) is 2.53. The lowest BCUT2D eigenvalue weighted by atomic mass is 10.1. The summed E-state index contributed by atoms with van der Waals surface area (Å²) in [5.41, 5.74) is 0.491. The van der Waals surface area contributed by atoms with Crippen molar-refractivity contribution in [3.8, 4) is 0 Å². The summed E-state index contributed by atoms with van der Waals surface area (Å²) in [7, 11) is 0. The Bertz CT molecular complexity index is 678. The summed E-state index contributed by atoms with van der Waals surface area (Å²) in [6, 6.07) is 5.87. The minimum Gasteiger partial charge on any atom is -0.478 e. The second kappa shape index (κ2) is 4.91. The van der Waals surface area contributed by atoms with Gasteiger partial charge < -0.3 is 14.8 Å². The Balaban J connectivity index is 2.82. The number of aromatic nitrogens is 1. The minimum absolute atomic E-state index is 0.142. The van der Waals surface area contributed by atoms with E-state index in [0.717, 1.165) is 0 Å². The first kappa shape index (κ1) is 12.8. The predicted molar refractivity (Wildman–Crippen MR) is 70.0 cm³/mol. The molecule has 1 aromatic carbocycles. The molecule has 94 valence electrons. The van der Waals surface area contributed by atoms with Crippen LogP contribution in [0.2, 0.25) is 0 Å². The maximum Gasteiger partial charge on any atom is 0.335 e. The van der Waals surface area contributed by atoms with Crippen LogP contribution in [0.3, 0.4) is 0 Å². The molecule has 1 aromatic heterocycles. The van der Waals surface area contributed by atoms with Gasteiger partial charge in [-0.1, -0.05) is 0 Å². The van der Waals surface area contributed by atoms with Gasteiger partial charge in [-0.05, 0) is 34.1 Å². The van der Waals surface area contributed by atoms with Crippen LogP contribution in [0.4, 0.5) is 0 Å². The van der Waals surface area contributed by atoms with Crippen LogP contribution in [0, 0.1) is 0 Å². The van der Waals surface area contributed by atoms with Gasteiger partial charge in [0.25, 0.3) is 5.56 Å². The number of hydrogen-bond acceptors (Lipinski definition) is 3. The molecule has 2 rings (SSSR count). The zero-order valence-electron chi connectivity index (χ0n) is 9.26. The van der Waals surface area contributed by atoms with Crippen LogP contribution in [0.1, 0.15) is 10.4 Å². The molecule has 5 nitrogen and oxygen atoms in total. The molecule has 1 heterocycles. The molecule has 0 fully saturated rings. The number of carboxylic acids is 1. The first-order chi connectivity index (χ1) is 8.54. The van der Waals surface area contributed by atoms with E-state index < -0.39 is 5.97 Å². The quantitative estimate of drug-likeness (QED) is 0.899. The first-order valence-corrected chi connectivity index (χ1v) is 6.01. The first-order valence-electron chi connectivity index (χ1n) is 5.22. The zero-order valence-corrected chi connectivity index (χ0v) is 10.8. The van der Waals surface area contributed by atoms with Crippen LogP contribution in [0.5, 0.6) is 0 Å². The van der Waals surface area contributed by atoms with E-state index in [1.54, 1.807) is 6.07 Å². The molecule has 0 aliphatic rings. The van der Waals surface area contributed by atoms with Crippen molar-refractivity contribution in [3.63, 3.8) is 0 Å². The topological polar surface area (TPSA) is 79.5 Å². The Kier molecular flexibility index (Phi) is 3.49. The van der Waals surface area contributed by atoms with E-state index in [0.29, 0.717) is 15.4 Å². The van der Waals surface area contributed by atoms with Crippen molar-refractivity contribution in [3.05, 3.63) is 44.7 Å². The van der Waals surface area contributed by atoms with E-state index in [4.69, 9.17) is 10.2 Å². The molecule has 0 bridgehead atoms. The van der Waals surface area contributed by atoms with Gasteiger partial charge in [0.15, 0.2) is 0 Å². The number of aromatic carboxylic acids is 1. The highest BCUT2D eigenvalue weighted by Crippen LogP contribution is 2.24. The predicted octanol–water partition coefficient (Wildman–Crippen LogP) is 1.45. The molecule has 0 aliphatic heterocycles. The SMILES string of the molecule is O=C(O)c1cc(Br)c2c(ccc(=O)n2CCO)c1. The van der Waals surface area contributed by atoms with Crippen molar-refractivity contribution < 1.29 is 15.0 Å². The summed E-state index contributed by atoms with van der Waals surface area (Å²) in [6.45, 7) is 0.00728. The number of aliphatic hydroxyl groups is 1. The molecule has 0 amide bonds. The second-order valence-electron chi connectivity index (χ2n) is 3.75. The molecule has 0 saturated carbocycles. The standard InChI is InChI=1S/C12H10BrNO4/c13-9-6-8(12(17)18)5-7-1-2-10(16)14(3-4-15)11(7)9/h1-2,5-6,15H,3-4H2,(H,17,18). The molecule has 2 N–H and O–H groups in total. The molecule has 6 heteroatoms. The van der Waals surface area contributed by atoms with Crippen LogP contribution in [0.25, 0.3) is 10.9 Å². The molecular weight excluding hydrogens is 302 g/mol. The van der Waals surface area contributed by atoms with Crippen LogP contribution in [-0.4, -0.2) is 27.4 Å². The Morgan fingerprint density at radius 3 is 2.67 bits per heavy atom. The van der Waals surface area contributed by atoms with Gasteiger partial charge in [0.1, 0.15) is 0 Å². The summed E-state index contributed by atoms with van der Waals surface area (Å²) in [5, 5.41) is 18.6. The van der Waals surface area contributed by atoms with E-state index >= 15 is 0 Å². The van der Waals surface area contributed by atoms with Gasteiger partial charge in [-0.25, -0.2) is 4.79 Å². The van der Waals surface area contributed by atoms with Crippen molar-refractivity contribution in [2.45, 2.75) is 6.54 Å². The number of carboxylic acid groups (broad SMARTS) is 1. The van der Waals surface area contributed by atoms with Gasteiger partial charge in [-0.2, -0.15) is 0 Å². The molecule has 0 spiro atoms. The molecule has 18 heavy (non-hydrogen) atoms. The minimum atomic E-state index is -1.03. The number of rotatable bonds is 3. The highest BCUT2D eigenvalue weighted by molar-refractivity contribution is 9.10. The third-order valence-corrected chi connectivity index (χ3v) is 3.21. The lowest BCUT2D eigenvalue weighted by Gasteiger charge is -2.11. The fraction of sp³-hybridized carbons (Fsp3) is 0.167. The third-order valence-electron chi connectivity index (χ3n) is 2.60. The molecule has 0 aliphatic carbocycles. The van der Waals surface area contributed by atoms with Crippen molar-refractivity contribution in [1.82, 2.24) is 4.57 Å². The number of nitrogens with zero attached hydrogens (tertiary/aromatic N) is 1. The smallest absolute Gasteiger partial charge is 0.335 e. The van der Waals surface area contributed by atoms with Crippen LogP contribution in [-0.2, 0) is 6.54 Å². The van der Waals surface area contributed by atoms with Gasteiger partial charge in [0, 0.05) is 22.5 Å². The number of halogens is 1. The number of fused-ring (bicyclic) bond motifs is 1. The summed E-state index contributed by atoms with van der Waals surface area (Å²) in [6.07, 6.45) is 0. The van der Waals surface area contributed by atoms with Crippen LogP contribution >= 0.6 is 15.9 Å². The number of aliphatic hydroxyl groups excluding tert-OH is 1. The highest BCUT2D eigenvalue weighted by Gasteiger charge is 2.11. The average Bonchev–Trinajstić information content (AvgIpc) is 2.32. The third kappa shape index (κ3) is 2.16. The van der Waals surface area contributed by atoms with E-state index in [2.05, 4.69) is 15.9 Å². The molecule has 0 unspecified atom stereocenters. The molecule has 0 saturated heterocycles. The van der Waals surface area contributed by atoms with Gasteiger partial charge in [-0.15, -0.1) is 0 Å². The lowest BCUT2D eigenvalue weighted by molar-refractivity contribution is 0.0697. The van der Waals surface area contributed by atoms with E-state index in [1.807, 2.05) is 0 Å². The number of carbonyl (C=O) groups is 1. The normalized spacial score (nSPS) is 10.8. The maximum absolute atomic E-state index is 11.7. The van der Waals surface area contributed by atoms with Gasteiger partial charge in [-0.3, -0.25) is 4.79 Å². The maximum atomic E-state index is 11.7. The highest BCUT2D eigenvalue weighted by atomic mass is 79.9. The Morgan fingerprint density at radius 2 is 2.06 bits per heavy atom. The number of benzene rings is 1. The summed E-state index contributed by atoms with van der Waals surface area (Å²) < 4.78 is 1.92. The monoisotopic (exact) mass is 311 g/mol. The zero-order chi connectivity index (χ0) is 13.3. The van der Waals surface area contributed by atoms with Gasteiger partial charge in [0.2, 0.25) is 0 Å². The number of pyridine rings is 1. The van der Waals surface area contributed by atoms with E-state index in [1.165, 1.54) is 22.8 Å². The molecule has 0 atom stereocenters. The van der Waals surface area contributed by atoms with Crippen LogP contribution < -0.4 is 5.56 Å². The molecule has 0 radical (unpaired) electrons. The summed E-state index contributed by atoms with van der Waals surface area (Å²) >= 11 is 3.27. The Labute approximate surface area is 110 Å². The summed E-state index contributed by atoms with van der Waals surface area (Å²) in [5.74, 6) is -1.03. The fourth-order valence-electron chi connectivity index (χ4n) is 1.84. The van der Waals surface area contributed by atoms with Gasteiger partial charge in [0.05, 0.1) is 17.7 Å². The Morgan fingerprint density at radius 1 is 1.33 bits per heavy atom. The summed E-state index contributed by atoms with van der Waals surface area (Å²) in [4.78, 5) is 22.7. The lowest BCUT2D eigenvalue weighted by Crippen LogP contribution is -2.21.